The summed E-state index contributed by atoms with van der Waals surface area (Å²) in [6.45, 7) is 16.7. The van der Waals surface area contributed by atoms with Gasteiger partial charge in [0.1, 0.15) is 0 Å². The van der Waals surface area contributed by atoms with Crippen LogP contribution in [0, 0.1) is 19.7 Å². The number of rotatable bonds is 4. The molecule has 0 unspecified atom stereocenters. The second-order valence-corrected chi connectivity index (χ2v) is 2.54. The Hall–Kier alpha value is -1.51. The Morgan fingerprint density at radius 2 is 1.40 bits per heavy atom. The van der Waals surface area contributed by atoms with E-state index in [1.54, 1.807) is 13.8 Å². The molecule has 0 heterocycles. The standard InChI is InChI=1S/C7H12O3.C5H5.2CO.Fe/c1-4-9-6(3)7(8)10-5-2;1-2-4-5-3-1;2*1-2;/h3-5H2,1-2H3;1-5H;;;. The molecule has 0 aliphatic heterocycles. The molecule has 0 fully saturated rings. The summed E-state index contributed by atoms with van der Waals surface area (Å²) in [6.07, 6.45) is 10.0. The van der Waals surface area contributed by atoms with Gasteiger partial charge in [-0.1, -0.05) is 24.3 Å². The molecule has 20 heavy (non-hydrogen) atoms. The van der Waals surface area contributed by atoms with Crippen molar-refractivity contribution in [2.24, 2.45) is 0 Å². The molecule has 5 nitrogen and oxygen atoms in total. The molecule has 0 atom stereocenters. The molecule has 1 aliphatic rings. The van der Waals surface area contributed by atoms with Crippen LogP contribution in [0.2, 0.25) is 0 Å². The quantitative estimate of drug-likeness (QED) is 0.199. The predicted molar refractivity (Wildman–Crippen MR) is 67.8 cm³/mol. The van der Waals surface area contributed by atoms with Crippen molar-refractivity contribution in [1.82, 2.24) is 0 Å². The van der Waals surface area contributed by atoms with Gasteiger partial charge < -0.3 is 9.47 Å². The molecule has 1 rings (SSSR count). The van der Waals surface area contributed by atoms with Crippen molar-refractivity contribution in [3.63, 3.8) is 0 Å². The van der Waals surface area contributed by atoms with E-state index in [-0.39, 0.29) is 22.8 Å². The first-order valence-electron chi connectivity index (χ1n) is 5.28. The second-order valence-electron chi connectivity index (χ2n) is 2.54. The second kappa shape index (κ2) is 26.1. The molecule has 0 bridgehead atoms. The number of hydrogen-bond acceptors (Lipinski definition) is 3. The van der Waals surface area contributed by atoms with Crippen molar-refractivity contribution >= 4 is 5.97 Å². The van der Waals surface area contributed by atoms with Gasteiger partial charge in [-0.15, -0.1) is 0 Å². The molecule has 0 aromatic rings. The van der Waals surface area contributed by atoms with Gasteiger partial charge in [0.2, 0.25) is 0 Å². The van der Waals surface area contributed by atoms with Gasteiger partial charge in [-0.05, 0) is 20.4 Å². The van der Waals surface area contributed by atoms with Crippen molar-refractivity contribution in [1.29, 1.82) is 0 Å². The van der Waals surface area contributed by atoms with Crippen LogP contribution in [-0.2, 0) is 40.6 Å². The third-order valence-electron chi connectivity index (χ3n) is 1.38. The number of carbonyl (C=O) groups excluding carboxylic acids is 1. The number of ether oxygens (including phenoxy) is 2. The van der Waals surface area contributed by atoms with Crippen LogP contribution in [0.1, 0.15) is 13.8 Å². The van der Waals surface area contributed by atoms with Gasteiger partial charge in [0.15, 0.2) is 5.76 Å². The third-order valence-corrected chi connectivity index (χ3v) is 1.38. The first kappa shape index (κ1) is 26.9. The topological polar surface area (TPSA) is 75.3 Å². The fourth-order valence-electron chi connectivity index (χ4n) is 0.765. The van der Waals surface area contributed by atoms with Crippen molar-refractivity contribution < 1.29 is 40.6 Å². The van der Waals surface area contributed by atoms with Crippen LogP contribution in [0.4, 0.5) is 0 Å². The smallest absolute Gasteiger partial charge is 0.00506 e. The van der Waals surface area contributed by atoms with Crippen LogP contribution in [0.15, 0.2) is 36.6 Å². The molecule has 111 valence electrons. The summed E-state index contributed by atoms with van der Waals surface area (Å²) >= 11 is 0. The third kappa shape index (κ3) is 21.7. The number of carbonyl (C=O) groups is 1. The molecule has 0 aromatic carbocycles. The van der Waals surface area contributed by atoms with Crippen LogP contribution in [0.5, 0.6) is 0 Å². The molecule has 0 N–H and O–H groups in total. The maximum Gasteiger partial charge on any atom is 0.00506 e. The molecular formula is C14H17FeO5. The van der Waals surface area contributed by atoms with Crippen LogP contribution in [0.3, 0.4) is 0 Å². The Morgan fingerprint density at radius 3 is 1.65 bits per heavy atom. The Balaban J connectivity index is -0.000000108. The van der Waals surface area contributed by atoms with Crippen LogP contribution < -0.4 is 0 Å². The molecule has 0 amide bonds. The minimum absolute atomic E-state index is 0. The van der Waals surface area contributed by atoms with Crippen molar-refractivity contribution in [3.05, 3.63) is 56.4 Å². The van der Waals surface area contributed by atoms with Crippen LogP contribution in [-0.4, -0.2) is 19.2 Å². The van der Waals surface area contributed by atoms with E-state index in [9.17, 15) is 4.79 Å². The maximum atomic E-state index is 10.7. The van der Waals surface area contributed by atoms with Crippen LogP contribution >= 0.6 is 0 Å². The average Bonchev–Trinajstić information content (AvgIpc) is 3.03. The van der Waals surface area contributed by atoms with Crippen molar-refractivity contribution in [3.8, 4) is 0 Å². The molecule has 6 heteroatoms. The zero-order chi connectivity index (χ0) is 15.5. The summed E-state index contributed by atoms with van der Waals surface area (Å²) in [5, 5.41) is 0. The fourth-order valence-corrected chi connectivity index (χ4v) is 0.765. The van der Waals surface area contributed by atoms with Gasteiger partial charge >= 0.3 is 28.6 Å². The van der Waals surface area contributed by atoms with E-state index in [0.717, 1.165) is 0 Å². The van der Waals surface area contributed by atoms with Gasteiger partial charge in [0, 0.05) is 23.5 Å². The van der Waals surface area contributed by atoms with Crippen molar-refractivity contribution in [2.75, 3.05) is 13.2 Å². The van der Waals surface area contributed by atoms with E-state index in [1.165, 1.54) is 0 Å². The van der Waals surface area contributed by atoms with Crippen molar-refractivity contribution in [2.45, 2.75) is 13.8 Å². The van der Waals surface area contributed by atoms with E-state index in [2.05, 4.69) is 24.6 Å². The van der Waals surface area contributed by atoms with Gasteiger partial charge in [-0.2, -0.15) is 0 Å². The molecule has 0 aromatic heterocycles. The zero-order valence-electron chi connectivity index (χ0n) is 11.4. The summed E-state index contributed by atoms with van der Waals surface area (Å²) in [5.41, 5.74) is 0. The van der Waals surface area contributed by atoms with Gasteiger partial charge in [0.05, 0.1) is 13.2 Å². The zero-order valence-corrected chi connectivity index (χ0v) is 12.5. The molecule has 0 saturated heterocycles. The van der Waals surface area contributed by atoms with Crippen LogP contribution in [0.25, 0.3) is 0 Å². The van der Waals surface area contributed by atoms with E-state index < -0.39 is 5.97 Å². The Kier molecular flexibility index (Phi) is 35.2. The van der Waals surface area contributed by atoms with E-state index in [0.29, 0.717) is 13.2 Å². The Bertz CT molecular complexity index is 297. The van der Waals surface area contributed by atoms with Gasteiger partial charge in [-0.3, -0.25) is 0 Å². The Morgan fingerprint density at radius 1 is 1.00 bits per heavy atom. The SMILES string of the molecule is C=C(OCC)C(=O)OCC.[C-]#[O+].[C-]#[O+].[CH]1C=CC=C1.[Fe]. The summed E-state index contributed by atoms with van der Waals surface area (Å²) in [4.78, 5) is 10.7. The summed E-state index contributed by atoms with van der Waals surface area (Å²) in [6, 6.07) is 0. The van der Waals surface area contributed by atoms with E-state index in [4.69, 9.17) is 14.0 Å². The molecule has 1 aliphatic carbocycles. The number of hydrogen-bond donors (Lipinski definition) is 0. The predicted octanol–water partition coefficient (Wildman–Crippen LogP) is 2.34. The molecule has 0 spiro atoms. The normalized spacial score (nSPS) is 8.90. The fraction of sp³-hybridized carbons (Fsp3) is 0.286. The summed E-state index contributed by atoms with van der Waals surface area (Å²) in [5.74, 6) is -0.409. The minimum atomic E-state index is -0.482. The summed E-state index contributed by atoms with van der Waals surface area (Å²) in [7, 11) is 0. The van der Waals surface area contributed by atoms with E-state index in [1.807, 2.05) is 30.7 Å². The van der Waals surface area contributed by atoms with Gasteiger partial charge in [-0.25, -0.2) is 4.79 Å². The number of esters is 1. The monoisotopic (exact) mass is 321 g/mol. The average molecular weight is 321 g/mol. The van der Waals surface area contributed by atoms with E-state index >= 15 is 0 Å². The molecule has 1 radical (unpaired) electrons. The maximum absolute atomic E-state index is 10.7. The molecular weight excluding hydrogens is 304 g/mol. The largest absolute Gasteiger partial charge is 0.0767 e. The summed E-state index contributed by atoms with van der Waals surface area (Å²) < 4.78 is 24.4. The minimum Gasteiger partial charge on any atom is -0.0767 e. The first-order valence-corrected chi connectivity index (χ1v) is 5.28. The Labute approximate surface area is 130 Å². The molecule has 0 saturated carbocycles. The number of allylic oxidation sites excluding steroid dienone is 4. The van der Waals surface area contributed by atoms with Gasteiger partial charge in [0.25, 0.3) is 0 Å². The first-order chi connectivity index (χ1) is 9.22.